The molecule has 1 heterocycles. The van der Waals surface area contributed by atoms with Gasteiger partial charge in [-0.2, -0.15) is 9.40 Å². The molecule has 0 amide bonds. The lowest BCUT2D eigenvalue weighted by Crippen LogP contribution is -2.33. The molecule has 1 aromatic rings. The molecule has 20 heavy (non-hydrogen) atoms. The van der Waals surface area contributed by atoms with Crippen LogP contribution in [0.15, 0.2) is 4.90 Å². The molecule has 0 saturated heterocycles. The van der Waals surface area contributed by atoms with Crippen molar-refractivity contribution in [1.82, 2.24) is 14.1 Å². The maximum absolute atomic E-state index is 12.8. The summed E-state index contributed by atoms with van der Waals surface area (Å²) >= 11 is 0. The lowest BCUT2D eigenvalue weighted by molar-refractivity contribution is 0.420. The van der Waals surface area contributed by atoms with Gasteiger partial charge in [-0.3, -0.25) is 4.68 Å². The monoisotopic (exact) mass is 300 g/mol. The third kappa shape index (κ3) is 2.75. The minimum atomic E-state index is -3.43. The van der Waals surface area contributed by atoms with Crippen LogP contribution in [0.4, 0.5) is 0 Å². The van der Waals surface area contributed by atoms with Crippen molar-refractivity contribution in [2.45, 2.75) is 57.5 Å². The van der Waals surface area contributed by atoms with Crippen LogP contribution in [0.2, 0.25) is 0 Å². The van der Waals surface area contributed by atoms with E-state index in [9.17, 15) is 8.42 Å². The predicted molar refractivity (Wildman–Crippen MR) is 78.0 cm³/mol. The van der Waals surface area contributed by atoms with Crippen LogP contribution >= 0.6 is 0 Å². The molecule has 1 saturated carbocycles. The number of aromatic nitrogens is 2. The molecule has 114 valence electrons. The molecular formula is C13H24N4O2S. The third-order valence-corrected chi connectivity index (χ3v) is 6.00. The van der Waals surface area contributed by atoms with Crippen molar-refractivity contribution in [3.63, 3.8) is 0 Å². The number of rotatable bonds is 7. The molecule has 1 aliphatic carbocycles. The van der Waals surface area contributed by atoms with Crippen molar-refractivity contribution in [3.05, 3.63) is 11.4 Å². The minimum Gasteiger partial charge on any atom is -0.330 e. The van der Waals surface area contributed by atoms with Gasteiger partial charge in [-0.25, -0.2) is 8.42 Å². The highest BCUT2D eigenvalue weighted by atomic mass is 32.2. The molecule has 0 spiro atoms. The van der Waals surface area contributed by atoms with Crippen LogP contribution < -0.4 is 5.73 Å². The van der Waals surface area contributed by atoms with Gasteiger partial charge in [-0.1, -0.05) is 6.92 Å². The van der Waals surface area contributed by atoms with Gasteiger partial charge in [0.1, 0.15) is 4.90 Å². The van der Waals surface area contributed by atoms with Gasteiger partial charge in [0, 0.05) is 19.1 Å². The molecule has 7 heteroatoms. The largest absolute Gasteiger partial charge is 0.330 e. The Bertz CT molecular complexity index is 575. The molecule has 2 rings (SSSR count). The van der Waals surface area contributed by atoms with E-state index < -0.39 is 10.0 Å². The standard InChI is InChI=1S/C13H24N4O2S/c1-4-17(12-6-7-12)20(18,19)13-10(2)15-16(11(13)3)9-5-8-14/h12H,4-9,14H2,1-3H3. The van der Waals surface area contributed by atoms with Gasteiger partial charge in [0.25, 0.3) is 0 Å². The van der Waals surface area contributed by atoms with E-state index in [-0.39, 0.29) is 6.04 Å². The Morgan fingerprint density at radius 3 is 2.55 bits per heavy atom. The number of sulfonamides is 1. The van der Waals surface area contributed by atoms with Crippen molar-refractivity contribution >= 4 is 10.0 Å². The average molecular weight is 300 g/mol. The molecule has 0 aliphatic heterocycles. The van der Waals surface area contributed by atoms with E-state index in [2.05, 4.69) is 5.10 Å². The summed E-state index contributed by atoms with van der Waals surface area (Å²) in [4.78, 5) is 0.378. The number of nitrogens with zero attached hydrogens (tertiary/aromatic N) is 3. The van der Waals surface area contributed by atoms with E-state index in [0.29, 0.717) is 30.2 Å². The van der Waals surface area contributed by atoms with Gasteiger partial charge in [0.05, 0.1) is 11.4 Å². The summed E-state index contributed by atoms with van der Waals surface area (Å²) < 4.78 is 29.0. The average Bonchev–Trinajstić information content (AvgIpc) is 3.14. The second-order valence-electron chi connectivity index (χ2n) is 5.30. The van der Waals surface area contributed by atoms with E-state index in [0.717, 1.165) is 25.0 Å². The molecular weight excluding hydrogens is 276 g/mol. The normalized spacial score (nSPS) is 16.1. The zero-order chi connectivity index (χ0) is 14.9. The molecule has 0 unspecified atom stereocenters. The Morgan fingerprint density at radius 2 is 2.05 bits per heavy atom. The van der Waals surface area contributed by atoms with Gasteiger partial charge in [0.2, 0.25) is 10.0 Å². The topological polar surface area (TPSA) is 81.2 Å². The predicted octanol–water partition coefficient (Wildman–Crippen LogP) is 1.02. The molecule has 1 fully saturated rings. The van der Waals surface area contributed by atoms with Crippen LogP contribution in [0.1, 0.15) is 37.6 Å². The van der Waals surface area contributed by atoms with Crippen LogP contribution in [-0.4, -0.2) is 41.6 Å². The van der Waals surface area contributed by atoms with Crippen molar-refractivity contribution in [2.24, 2.45) is 5.73 Å². The van der Waals surface area contributed by atoms with Crippen molar-refractivity contribution in [3.8, 4) is 0 Å². The molecule has 0 bridgehead atoms. The fourth-order valence-electron chi connectivity index (χ4n) is 2.62. The number of hydrogen-bond acceptors (Lipinski definition) is 4. The first-order valence-corrected chi connectivity index (χ1v) is 8.63. The quantitative estimate of drug-likeness (QED) is 0.815. The lowest BCUT2D eigenvalue weighted by atomic mass is 10.4. The maximum atomic E-state index is 12.8. The zero-order valence-corrected chi connectivity index (χ0v) is 13.3. The molecule has 1 aliphatic rings. The fourth-order valence-corrected chi connectivity index (χ4v) is 4.69. The van der Waals surface area contributed by atoms with E-state index in [4.69, 9.17) is 5.73 Å². The first-order chi connectivity index (χ1) is 9.43. The summed E-state index contributed by atoms with van der Waals surface area (Å²) in [7, 11) is -3.43. The third-order valence-electron chi connectivity index (χ3n) is 3.72. The summed E-state index contributed by atoms with van der Waals surface area (Å²) in [5.41, 5.74) is 6.81. The van der Waals surface area contributed by atoms with Crippen LogP contribution in [0, 0.1) is 13.8 Å². The Morgan fingerprint density at radius 1 is 1.40 bits per heavy atom. The van der Waals surface area contributed by atoms with E-state index in [1.165, 1.54) is 0 Å². The Hall–Kier alpha value is -0.920. The molecule has 0 radical (unpaired) electrons. The van der Waals surface area contributed by atoms with Crippen LogP contribution in [0.3, 0.4) is 0 Å². The molecule has 6 nitrogen and oxygen atoms in total. The highest BCUT2D eigenvalue weighted by Crippen LogP contribution is 2.33. The molecule has 0 aromatic carbocycles. The summed E-state index contributed by atoms with van der Waals surface area (Å²) in [6.07, 6.45) is 2.72. The van der Waals surface area contributed by atoms with Crippen LogP contribution in [-0.2, 0) is 16.6 Å². The molecule has 0 atom stereocenters. The summed E-state index contributed by atoms with van der Waals surface area (Å²) in [6, 6.07) is 0.177. The van der Waals surface area contributed by atoms with Gasteiger partial charge < -0.3 is 5.73 Å². The smallest absolute Gasteiger partial charge is 0.246 e. The van der Waals surface area contributed by atoms with Crippen molar-refractivity contribution in [1.29, 1.82) is 0 Å². The lowest BCUT2D eigenvalue weighted by Gasteiger charge is -2.20. The van der Waals surface area contributed by atoms with Crippen LogP contribution in [0.25, 0.3) is 0 Å². The highest BCUT2D eigenvalue weighted by Gasteiger charge is 2.39. The van der Waals surface area contributed by atoms with Crippen LogP contribution in [0.5, 0.6) is 0 Å². The summed E-state index contributed by atoms with van der Waals surface area (Å²) in [6.45, 7) is 7.22. The first kappa shape index (κ1) is 15.5. The SMILES string of the molecule is CCN(C1CC1)S(=O)(=O)c1c(C)nn(CCCN)c1C. The van der Waals surface area contributed by atoms with E-state index in [1.807, 2.05) is 13.8 Å². The van der Waals surface area contributed by atoms with E-state index in [1.54, 1.807) is 15.9 Å². The van der Waals surface area contributed by atoms with Gasteiger partial charge in [0.15, 0.2) is 0 Å². The van der Waals surface area contributed by atoms with Gasteiger partial charge >= 0.3 is 0 Å². The molecule has 1 aromatic heterocycles. The number of hydrogen-bond donors (Lipinski definition) is 1. The Kier molecular flexibility index (Phi) is 4.51. The Balaban J connectivity index is 2.38. The first-order valence-electron chi connectivity index (χ1n) is 7.19. The fraction of sp³-hybridized carbons (Fsp3) is 0.769. The summed E-state index contributed by atoms with van der Waals surface area (Å²) in [5.74, 6) is 0. The summed E-state index contributed by atoms with van der Waals surface area (Å²) in [5, 5.41) is 4.37. The second kappa shape index (κ2) is 5.83. The zero-order valence-electron chi connectivity index (χ0n) is 12.5. The van der Waals surface area contributed by atoms with E-state index >= 15 is 0 Å². The van der Waals surface area contributed by atoms with Gasteiger partial charge in [-0.15, -0.1) is 0 Å². The van der Waals surface area contributed by atoms with Gasteiger partial charge in [-0.05, 0) is 39.7 Å². The minimum absolute atomic E-state index is 0.177. The highest BCUT2D eigenvalue weighted by molar-refractivity contribution is 7.89. The second-order valence-corrected chi connectivity index (χ2v) is 7.13. The maximum Gasteiger partial charge on any atom is 0.246 e. The van der Waals surface area contributed by atoms with Crippen molar-refractivity contribution < 1.29 is 8.42 Å². The molecule has 2 N–H and O–H groups in total. The number of aryl methyl sites for hydroxylation is 2. The Labute approximate surface area is 121 Å². The van der Waals surface area contributed by atoms with Crippen molar-refractivity contribution in [2.75, 3.05) is 13.1 Å². The number of nitrogens with two attached hydrogens (primary N) is 1.